The van der Waals surface area contributed by atoms with Crippen molar-refractivity contribution in [1.29, 1.82) is 0 Å². The number of rotatable bonds is 3. The molecule has 0 aliphatic rings. The van der Waals surface area contributed by atoms with Crippen molar-refractivity contribution in [3.63, 3.8) is 0 Å². The fraction of sp³-hybridized carbons (Fsp3) is 0.364. The zero-order valence-electron chi connectivity index (χ0n) is 8.79. The number of aryl methyl sites for hydroxylation is 1. The van der Waals surface area contributed by atoms with E-state index in [1.807, 2.05) is 19.1 Å². The molecule has 82 valence electrons. The molecule has 0 aliphatic heterocycles. The highest BCUT2D eigenvalue weighted by molar-refractivity contribution is 6.31. The van der Waals surface area contributed by atoms with Crippen LogP contribution < -0.4 is 5.73 Å². The lowest BCUT2D eigenvalue weighted by Gasteiger charge is -2.11. The monoisotopic (exact) mass is 227 g/mol. The van der Waals surface area contributed by atoms with Crippen LogP contribution in [-0.4, -0.2) is 13.1 Å². The van der Waals surface area contributed by atoms with E-state index in [1.165, 1.54) is 7.11 Å². The second kappa shape index (κ2) is 5.14. The number of ether oxygens (including phenoxy) is 1. The molecule has 2 N–H and O–H groups in total. The Bertz CT molecular complexity index is 366. The van der Waals surface area contributed by atoms with Gasteiger partial charge in [-0.15, -0.1) is 0 Å². The van der Waals surface area contributed by atoms with Crippen molar-refractivity contribution in [2.45, 2.75) is 19.4 Å². The zero-order valence-corrected chi connectivity index (χ0v) is 9.54. The topological polar surface area (TPSA) is 52.3 Å². The fourth-order valence-corrected chi connectivity index (χ4v) is 1.41. The number of methoxy groups -OCH3 is 1. The van der Waals surface area contributed by atoms with Gasteiger partial charge >= 0.3 is 5.97 Å². The summed E-state index contributed by atoms with van der Waals surface area (Å²) in [5.41, 5.74) is 7.67. The SMILES string of the molecule is COC(=O)C[C@H](N)c1ccc(C)c(Cl)c1. The second-order valence-electron chi connectivity index (χ2n) is 3.40. The normalized spacial score (nSPS) is 12.3. The molecule has 0 heterocycles. The van der Waals surface area contributed by atoms with Crippen molar-refractivity contribution in [3.8, 4) is 0 Å². The maximum absolute atomic E-state index is 11.0. The molecule has 3 nitrogen and oxygen atoms in total. The third-order valence-electron chi connectivity index (χ3n) is 2.24. The van der Waals surface area contributed by atoms with Crippen molar-refractivity contribution in [3.05, 3.63) is 34.3 Å². The molecule has 1 aromatic rings. The molecule has 0 radical (unpaired) electrons. The van der Waals surface area contributed by atoms with Gasteiger partial charge in [-0.05, 0) is 24.1 Å². The molecule has 0 unspecified atom stereocenters. The van der Waals surface area contributed by atoms with Crippen LogP contribution in [-0.2, 0) is 9.53 Å². The Hall–Kier alpha value is -1.06. The Morgan fingerprint density at radius 2 is 2.27 bits per heavy atom. The molecule has 1 aromatic carbocycles. The predicted octanol–water partition coefficient (Wildman–Crippen LogP) is 2.21. The van der Waals surface area contributed by atoms with Crippen LogP contribution in [0.4, 0.5) is 0 Å². The van der Waals surface area contributed by atoms with Crippen LogP contribution in [0.2, 0.25) is 5.02 Å². The number of hydrogen-bond acceptors (Lipinski definition) is 3. The second-order valence-corrected chi connectivity index (χ2v) is 3.80. The molecule has 4 heteroatoms. The summed E-state index contributed by atoms with van der Waals surface area (Å²) in [4.78, 5) is 11.0. The van der Waals surface area contributed by atoms with E-state index in [-0.39, 0.29) is 18.4 Å². The molecule has 0 bridgehead atoms. The lowest BCUT2D eigenvalue weighted by molar-refractivity contribution is -0.141. The van der Waals surface area contributed by atoms with Crippen LogP contribution in [0.25, 0.3) is 0 Å². The third kappa shape index (κ3) is 3.22. The summed E-state index contributed by atoms with van der Waals surface area (Å²) in [7, 11) is 1.34. The molecule has 0 spiro atoms. The van der Waals surface area contributed by atoms with Crippen LogP contribution in [0.1, 0.15) is 23.6 Å². The molecule has 1 rings (SSSR count). The van der Waals surface area contributed by atoms with Crippen molar-refractivity contribution >= 4 is 17.6 Å². The summed E-state index contributed by atoms with van der Waals surface area (Å²) in [5.74, 6) is -0.320. The summed E-state index contributed by atoms with van der Waals surface area (Å²) < 4.78 is 4.54. The van der Waals surface area contributed by atoms with Gasteiger partial charge < -0.3 is 10.5 Å². The first-order valence-corrected chi connectivity index (χ1v) is 5.01. The number of nitrogens with two attached hydrogens (primary N) is 1. The smallest absolute Gasteiger partial charge is 0.307 e. The highest BCUT2D eigenvalue weighted by Gasteiger charge is 2.12. The van der Waals surface area contributed by atoms with Gasteiger partial charge in [0.2, 0.25) is 0 Å². The van der Waals surface area contributed by atoms with Gasteiger partial charge in [0.15, 0.2) is 0 Å². The number of hydrogen-bond donors (Lipinski definition) is 1. The van der Waals surface area contributed by atoms with E-state index in [9.17, 15) is 4.79 Å². The van der Waals surface area contributed by atoms with E-state index >= 15 is 0 Å². The van der Waals surface area contributed by atoms with Crippen LogP contribution in [0.15, 0.2) is 18.2 Å². The molecular weight excluding hydrogens is 214 g/mol. The van der Waals surface area contributed by atoms with E-state index < -0.39 is 0 Å². The first kappa shape index (κ1) is 12.0. The Morgan fingerprint density at radius 3 is 2.80 bits per heavy atom. The first-order valence-electron chi connectivity index (χ1n) is 4.63. The van der Waals surface area contributed by atoms with Gasteiger partial charge in [0.05, 0.1) is 13.5 Å². The quantitative estimate of drug-likeness (QED) is 0.806. The highest BCUT2D eigenvalue weighted by atomic mass is 35.5. The Balaban J connectivity index is 2.78. The molecule has 15 heavy (non-hydrogen) atoms. The Labute approximate surface area is 94.2 Å². The average molecular weight is 228 g/mol. The summed E-state index contributed by atoms with van der Waals surface area (Å²) >= 11 is 5.96. The van der Waals surface area contributed by atoms with Crippen LogP contribution >= 0.6 is 11.6 Å². The lowest BCUT2D eigenvalue weighted by Crippen LogP contribution is -2.16. The van der Waals surface area contributed by atoms with E-state index in [2.05, 4.69) is 4.74 Å². The minimum absolute atomic E-state index is 0.163. The van der Waals surface area contributed by atoms with Gasteiger partial charge in [0, 0.05) is 11.1 Å². The number of esters is 1. The Morgan fingerprint density at radius 1 is 1.60 bits per heavy atom. The van der Waals surface area contributed by atoms with Crippen molar-refractivity contribution < 1.29 is 9.53 Å². The number of halogens is 1. The summed E-state index contributed by atoms with van der Waals surface area (Å²) in [6, 6.07) is 5.17. The average Bonchev–Trinajstić information content (AvgIpc) is 2.21. The molecule has 0 saturated heterocycles. The van der Waals surface area contributed by atoms with Crippen molar-refractivity contribution in [2.24, 2.45) is 5.73 Å². The van der Waals surface area contributed by atoms with Crippen molar-refractivity contribution in [1.82, 2.24) is 0 Å². The third-order valence-corrected chi connectivity index (χ3v) is 2.65. The Kier molecular flexibility index (Phi) is 4.12. The number of benzene rings is 1. The van der Waals surface area contributed by atoms with Crippen molar-refractivity contribution in [2.75, 3.05) is 7.11 Å². The minimum atomic E-state index is -0.365. The molecule has 0 aliphatic carbocycles. The minimum Gasteiger partial charge on any atom is -0.469 e. The maximum atomic E-state index is 11.0. The molecule has 0 amide bonds. The van der Waals surface area contributed by atoms with E-state index in [0.29, 0.717) is 5.02 Å². The molecule has 0 aromatic heterocycles. The molecular formula is C11H14ClNO2. The van der Waals surface area contributed by atoms with Crippen LogP contribution in [0.3, 0.4) is 0 Å². The fourth-order valence-electron chi connectivity index (χ4n) is 1.22. The molecule has 0 fully saturated rings. The van der Waals surface area contributed by atoms with Gasteiger partial charge in [0.1, 0.15) is 0 Å². The van der Waals surface area contributed by atoms with Gasteiger partial charge in [-0.1, -0.05) is 23.7 Å². The maximum Gasteiger partial charge on any atom is 0.307 e. The van der Waals surface area contributed by atoms with Crippen LogP contribution in [0.5, 0.6) is 0 Å². The standard InChI is InChI=1S/C11H14ClNO2/c1-7-3-4-8(5-9(7)12)10(13)6-11(14)15-2/h3-5,10H,6,13H2,1-2H3/t10-/m0/s1. The largest absolute Gasteiger partial charge is 0.469 e. The van der Waals surface area contributed by atoms with E-state index in [1.54, 1.807) is 6.07 Å². The number of carbonyl (C=O) groups excluding carboxylic acids is 1. The number of carbonyl (C=O) groups is 1. The zero-order chi connectivity index (χ0) is 11.4. The van der Waals surface area contributed by atoms with Crippen LogP contribution in [0, 0.1) is 6.92 Å². The van der Waals surface area contributed by atoms with Gasteiger partial charge in [-0.2, -0.15) is 0 Å². The lowest BCUT2D eigenvalue weighted by atomic mass is 10.0. The molecule has 1 atom stereocenters. The summed E-state index contributed by atoms with van der Waals surface area (Å²) in [6.45, 7) is 1.91. The molecule has 0 saturated carbocycles. The highest BCUT2D eigenvalue weighted by Crippen LogP contribution is 2.21. The predicted molar refractivity (Wildman–Crippen MR) is 59.8 cm³/mol. The van der Waals surface area contributed by atoms with E-state index in [4.69, 9.17) is 17.3 Å². The van der Waals surface area contributed by atoms with Gasteiger partial charge in [-0.3, -0.25) is 4.79 Å². The van der Waals surface area contributed by atoms with Gasteiger partial charge in [0.25, 0.3) is 0 Å². The van der Waals surface area contributed by atoms with Gasteiger partial charge in [-0.25, -0.2) is 0 Å². The summed E-state index contributed by atoms with van der Waals surface area (Å²) in [5, 5.41) is 0.660. The summed E-state index contributed by atoms with van der Waals surface area (Å²) in [6.07, 6.45) is 0.163. The first-order chi connectivity index (χ1) is 7.04. The van der Waals surface area contributed by atoms with E-state index in [0.717, 1.165) is 11.1 Å².